The highest BCUT2D eigenvalue weighted by atomic mass is 35.5. The Balaban J connectivity index is 2.08. The highest BCUT2D eigenvalue weighted by Gasteiger charge is 2.25. The molecule has 3 amide bonds. The molecule has 28 heavy (non-hydrogen) atoms. The van der Waals surface area contributed by atoms with Crippen molar-refractivity contribution >= 4 is 34.9 Å². The topological polar surface area (TPSA) is 79.5 Å². The van der Waals surface area contributed by atoms with Crippen molar-refractivity contribution in [3.05, 3.63) is 53.6 Å². The molecule has 0 heterocycles. The molecule has 7 heteroatoms. The van der Waals surface area contributed by atoms with Gasteiger partial charge in [0.15, 0.2) is 0 Å². The van der Waals surface area contributed by atoms with E-state index in [4.69, 9.17) is 16.3 Å². The fourth-order valence-corrected chi connectivity index (χ4v) is 2.69. The Morgan fingerprint density at radius 2 is 1.79 bits per heavy atom. The third kappa shape index (κ3) is 6.46. The number of amides is 3. The van der Waals surface area contributed by atoms with E-state index in [-0.39, 0.29) is 11.8 Å². The fraction of sp³-hybridized carbons (Fsp3) is 0.333. The van der Waals surface area contributed by atoms with E-state index in [2.05, 4.69) is 16.0 Å². The molecule has 3 N–H and O–H groups in total. The van der Waals surface area contributed by atoms with Crippen LogP contribution in [0.4, 0.5) is 16.2 Å². The summed E-state index contributed by atoms with van der Waals surface area (Å²) in [4.78, 5) is 25.1. The predicted octanol–water partition coefficient (Wildman–Crippen LogP) is 4.91. The Labute approximate surface area is 170 Å². The Bertz CT molecular complexity index is 797. The van der Waals surface area contributed by atoms with Crippen LogP contribution < -0.4 is 20.7 Å². The van der Waals surface area contributed by atoms with Gasteiger partial charge >= 0.3 is 6.03 Å². The summed E-state index contributed by atoms with van der Waals surface area (Å²) in [7, 11) is 0. The lowest BCUT2D eigenvalue weighted by Gasteiger charge is -2.23. The van der Waals surface area contributed by atoms with Gasteiger partial charge in [0.05, 0.1) is 12.3 Å². The lowest BCUT2D eigenvalue weighted by atomic mass is 10.0. The number of hydrogen-bond donors (Lipinski definition) is 3. The standard InChI is InChI=1S/C21H26ClN3O3/c1-4-12-28-18-11-10-15(22)13-17(18)24-20(26)19(14(2)3)25-21(27)23-16-8-6-5-7-9-16/h5-11,13-14,19H,4,12H2,1-3H3,(H,24,26)(H2,23,25,27). The van der Waals surface area contributed by atoms with Gasteiger partial charge in [0.1, 0.15) is 11.8 Å². The largest absolute Gasteiger partial charge is 0.491 e. The van der Waals surface area contributed by atoms with Crippen molar-refractivity contribution in [2.24, 2.45) is 5.92 Å². The molecule has 2 aromatic rings. The van der Waals surface area contributed by atoms with Crippen LogP contribution in [-0.2, 0) is 4.79 Å². The minimum Gasteiger partial charge on any atom is -0.491 e. The molecule has 0 aromatic heterocycles. The second-order valence-corrected chi connectivity index (χ2v) is 7.10. The Kier molecular flexibility index (Phi) is 8.14. The van der Waals surface area contributed by atoms with E-state index in [1.165, 1.54) is 0 Å². The second-order valence-electron chi connectivity index (χ2n) is 6.66. The van der Waals surface area contributed by atoms with Crippen molar-refractivity contribution in [1.29, 1.82) is 0 Å². The summed E-state index contributed by atoms with van der Waals surface area (Å²) in [6.45, 7) is 6.24. The maximum absolute atomic E-state index is 12.8. The van der Waals surface area contributed by atoms with Gasteiger partial charge in [0.25, 0.3) is 0 Å². The monoisotopic (exact) mass is 403 g/mol. The number of carbonyl (C=O) groups is 2. The van der Waals surface area contributed by atoms with E-state index in [0.717, 1.165) is 6.42 Å². The zero-order chi connectivity index (χ0) is 20.5. The van der Waals surface area contributed by atoms with Gasteiger partial charge in [-0.25, -0.2) is 4.79 Å². The molecule has 1 atom stereocenters. The Hall–Kier alpha value is -2.73. The maximum Gasteiger partial charge on any atom is 0.319 e. The van der Waals surface area contributed by atoms with E-state index in [1.807, 2.05) is 39.0 Å². The number of carbonyl (C=O) groups excluding carboxylic acids is 2. The zero-order valence-corrected chi connectivity index (χ0v) is 17.0. The number of anilines is 2. The number of hydrogen-bond acceptors (Lipinski definition) is 3. The molecule has 2 aromatic carbocycles. The first-order valence-electron chi connectivity index (χ1n) is 9.26. The van der Waals surface area contributed by atoms with Crippen LogP contribution in [0.25, 0.3) is 0 Å². The summed E-state index contributed by atoms with van der Waals surface area (Å²) in [6, 6.07) is 12.9. The van der Waals surface area contributed by atoms with Crippen molar-refractivity contribution in [3.63, 3.8) is 0 Å². The van der Waals surface area contributed by atoms with Crippen LogP contribution in [0.3, 0.4) is 0 Å². The van der Waals surface area contributed by atoms with Gasteiger partial charge < -0.3 is 20.7 Å². The molecule has 6 nitrogen and oxygen atoms in total. The van der Waals surface area contributed by atoms with E-state index in [0.29, 0.717) is 28.8 Å². The number of ether oxygens (including phenoxy) is 1. The molecule has 0 bridgehead atoms. The molecule has 2 rings (SSSR count). The SMILES string of the molecule is CCCOc1ccc(Cl)cc1NC(=O)C(NC(=O)Nc1ccccc1)C(C)C. The molecule has 0 aliphatic carbocycles. The average Bonchev–Trinajstić information content (AvgIpc) is 2.66. The summed E-state index contributed by atoms with van der Waals surface area (Å²) in [5, 5.41) is 8.75. The van der Waals surface area contributed by atoms with Crippen molar-refractivity contribution in [3.8, 4) is 5.75 Å². The summed E-state index contributed by atoms with van der Waals surface area (Å²) >= 11 is 6.06. The first kappa shape index (κ1) is 21.6. The lowest BCUT2D eigenvalue weighted by molar-refractivity contribution is -0.118. The van der Waals surface area contributed by atoms with Crippen LogP contribution in [0.2, 0.25) is 5.02 Å². The second kappa shape index (κ2) is 10.6. The van der Waals surface area contributed by atoms with Crippen LogP contribution in [0, 0.1) is 5.92 Å². The minimum atomic E-state index is -0.735. The summed E-state index contributed by atoms with van der Waals surface area (Å²) in [6.07, 6.45) is 0.839. The number of benzene rings is 2. The van der Waals surface area contributed by atoms with E-state index >= 15 is 0 Å². The molecule has 1 unspecified atom stereocenters. The molecule has 0 aliphatic heterocycles. The minimum absolute atomic E-state index is 0.124. The quantitative estimate of drug-likeness (QED) is 0.585. The lowest BCUT2D eigenvalue weighted by Crippen LogP contribution is -2.48. The van der Waals surface area contributed by atoms with Crippen LogP contribution >= 0.6 is 11.6 Å². The number of rotatable bonds is 8. The van der Waals surface area contributed by atoms with E-state index in [1.54, 1.807) is 30.3 Å². The summed E-state index contributed by atoms with van der Waals surface area (Å²) < 4.78 is 5.67. The van der Waals surface area contributed by atoms with Gasteiger partial charge in [0, 0.05) is 10.7 Å². The normalized spacial score (nSPS) is 11.6. The fourth-order valence-electron chi connectivity index (χ4n) is 2.51. The smallest absolute Gasteiger partial charge is 0.319 e. The third-order valence-electron chi connectivity index (χ3n) is 3.93. The van der Waals surface area contributed by atoms with Crippen LogP contribution in [0.1, 0.15) is 27.2 Å². The molecule has 0 saturated heterocycles. The van der Waals surface area contributed by atoms with Crippen LogP contribution in [0.15, 0.2) is 48.5 Å². The first-order valence-corrected chi connectivity index (χ1v) is 9.64. The van der Waals surface area contributed by atoms with Gasteiger partial charge in [-0.05, 0) is 42.7 Å². The molecule has 0 saturated carbocycles. The Morgan fingerprint density at radius 3 is 2.43 bits per heavy atom. The Morgan fingerprint density at radius 1 is 1.07 bits per heavy atom. The average molecular weight is 404 g/mol. The van der Waals surface area contributed by atoms with Gasteiger partial charge in [-0.2, -0.15) is 0 Å². The maximum atomic E-state index is 12.8. The van der Waals surface area contributed by atoms with Crippen LogP contribution in [-0.4, -0.2) is 24.6 Å². The van der Waals surface area contributed by atoms with Gasteiger partial charge in [0.2, 0.25) is 5.91 Å². The third-order valence-corrected chi connectivity index (χ3v) is 4.16. The van der Waals surface area contributed by atoms with Crippen molar-refractivity contribution < 1.29 is 14.3 Å². The molecule has 150 valence electrons. The van der Waals surface area contributed by atoms with Gasteiger partial charge in [-0.1, -0.05) is 50.6 Å². The highest BCUT2D eigenvalue weighted by molar-refractivity contribution is 6.31. The van der Waals surface area contributed by atoms with E-state index < -0.39 is 12.1 Å². The number of urea groups is 1. The van der Waals surface area contributed by atoms with Crippen LogP contribution in [0.5, 0.6) is 5.75 Å². The molecular weight excluding hydrogens is 378 g/mol. The van der Waals surface area contributed by atoms with Gasteiger partial charge in [-0.15, -0.1) is 0 Å². The predicted molar refractivity (Wildman–Crippen MR) is 113 cm³/mol. The summed E-state index contributed by atoms with van der Waals surface area (Å²) in [5.41, 5.74) is 1.12. The molecule has 0 aliphatic rings. The van der Waals surface area contributed by atoms with Crippen molar-refractivity contribution in [2.75, 3.05) is 17.2 Å². The van der Waals surface area contributed by atoms with Crippen molar-refractivity contribution in [1.82, 2.24) is 5.32 Å². The number of halogens is 1. The molecule has 0 spiro atoms. The van der Waals surface area contributed by atoms with Gasteiger partial charge in [-0.3, -0.25) is 4.79 Å². The number of nitrogens with one attached hydrogen (secondary N) is 3. The molecular formula is C21H26ClN3O3. The zero-order valence-electron chi connectivity index (χ0n) is 16.3. The van der Waals surface area contributed by atoms with Crippen molar-refractivity contribution in [2.45, 2.75) is 33.2 Å². The molecule has 0 radical (unpaired) electrons. The number of para-hydroxylation sites is 1. The summed E-state index contributed by atoms with van der Waals surface area (Å²) in [5.74, 6) is 0.0680. The van der Waals surface area contributed by atoms with E-state index in [9.17, 15) is 9.59 Å². The highest BCUT2D eigenvalue weighted by Crippen LogP contribution is 2.28. The molecule has 0 fully saturated rings. The first-order chi connectivity index (χ1) is 13.4.